The van der Waals surface area contributed by atoms with Crippen LogP contribution in [0.1, 0.15) is 35.2 Å². The molecule has 7 heteroatoms. The molecule has 0 radical (unpaired) electrons. The van der Waals surface area contributed by atoms with Crippen LogP contribution in [-0.4, -0.2) is 46.9 Å². The topological polar surface area (TPSA) is 83.0 Å². The predicted octanol–water partition coefficient (Wildman–Crippen LogP) is 4.09. The van der Waals surface area contributed by atoms with Crippen molar-refractivity contribution in [3.63, 3.8) is 0 Å². The fourth-order valence-corrected chi connectivity index (χ4v) is 4.75. The van der Waals surface area contributed by atoms with E-state index in [1.54, 1.807) is 18.5 Å². The van der Waals surface area contributed by atoms with Gasteiger partial charge >= 0.3 is 0 Å². The molecular formula is C28H27N3O4. The molecule has 1 saturated heterocycles. The summed E-state index contributed by atoms with van der Waals surface area (Å²) in [5, 5.41) is 11.4. The molecule has 0 spiro atoms. The predicted molar refractivity (Wildman–Crippen MR) is 133 cm³/mol. The monoisotopic (exact) mass is 469 g/mol. The number of amides is 1. The number of likely N-dealkylation sites (tertiary alicyclic amines) is 1. The number of Topliss-reactive ketones (excluding diaryl/α,β-unsaturated/α-hetero) is 1. The number of carbonyl (C=O) groups is 2. The summed E-state index contributed by atoms with van der Waals surface area (Å²) in [6, 6.07) is 16.0. The van der Waals surface area contributed by atoms with E-state index < -0.39 is 17.7 Å². The first-order valence-corrected chi connectivity index (χ1v) is 11.6. The third-order valence-electron chi connectivity index (χ3n) is 6.54. The SMILES string of the molecule is C[C@H]1Cc2cc(/C(O)=C3\C(=O)C(=O)N(Cc4ccncc4)[C@@H]3c3ccc(N(C)C)cc3)ccc2O1. The van der Waals surface area contributed by atoms with Gasteiger partial charge in [-0.1, -0.05) is 12.1 Å². The number of carbonyl (C=O) groups excluding carboxylic acids is 2. The number of ketones is 1. The maximum atomic E-state index is 13.3. The standard InChI is InChI=1S/C28H27N3O4/c1-17-14-21-15-20(6-9-23(21)35-17)26(32)24-25(19-4-7-22(8-5-19)30(2)3)31(28(34)27(24)33)16-18-10-12-29-13-11-18/h4-13,15,17,25,32H,14,16H2,1-3H3/b26-24+/t17-,25+/m0/s1. The lowest BCUT2D eigenvalue weighted by molar-refractivity contribution is -0.140. The Morgan fingerprint density at radius 2 is 1.80 bits per heavy atom. The summed E-state index contributed by atoms with van der Waals surface area (Å²) in [7, 11) is 3.89. The van der Waals surface area contributed by atoms with Crippen molar-refractivity contribution >= 4 is 23.1 Å². The number of rotatable bonds is 5. The number of ether oxygens (including phenoxy) is 1. The number of pyridine rings is 1. The van der Waals surface area contributed by atoms with Crippen LogP contribution in [-0.2, 0) is 22.6 Å². The van der Waals surface area contributed by atoms with Gasteiger partial charge < -0.3 is 19.6 Å². The first kappa shape index (κ1) is 22.7. The van der Waals surface area contributed by atoms with Crippen LogP contribution in [0, 0.1) is 0 Å². The molecule has 0 aliphatic carbocycles. The third-order valence-corrected chi connectivity index (χ3v) is 6.54. The molecule has 2 aliphatic rings. The second-order valence-corrected chi connectivity index (χ2v) is 9.22. The molecule has 0 bridgehead atoms. The molecule has 2 aromatic carbocycles. The fourth-order valence-electron chi connectivity index (χ4n) is 4.75. The number of nitrogens with zero attached hydrogens (tertiary/aromatic N) is 3. The minimum atomic E-state index is -0.720. The first-order valence-electron chi connectivity index (χ1n) is 11.6. The normalized spacial score (nSPS) is 20.6. The molecule has 1 aromatic heterocycles. The molecule has 178 valence electrons. The Bertz CT molecular complexity index is 1320. The van der Waals surface area contributed by atoms with E-state index in [2.05, 4.69) is 4.98 Å². The van der Waals surface area contributed by atoms with Crippen molar-refractivity contribution in [2.24, 2.45) is 0 Å². The highest BCUT2D eigenvalue weighted by Crippen LogP contribution is 2.41. The summed E-state index contributed by atoms with van der Waals surface area (Å²) in [5.41, 5.74) is 4.16. The Morgan fingerprint density at radius 1 is 1.09 bits per heavy atom. The van der Waals surface area contributed by atoms with Gasteiger partial charge in [0.2, 0.25) is 0 Å². The van der Waals surface area contributed by atoms with Crippen LogP contribution in [0.5, 0.6) is 5.75 Å². The Kier molecular flexibility index (Phi) is 5.76. The maximum Gasteiger partial charge on any atom is 0.295 e. The Hall–Kier alpha value is -4.13. The smallest absolute Gasteiger partial charge is 0.295 e. The van der Waals surface area contributed by atoms with Gasteiger partial charge in [-0.05, 0) is 66.1 Å². The van der Waals surface area contributed by atoms with Gasteiger partial charge in [-0.3, -0.25) is 14.6 Å². The fraction of sp³-hybridized carbons (Fsp3) is 0.250. The summed E-state index contributed by atoms with van der Waals surface area (Å²) < 4.78 is 5.77. The summed E-state index contributed by atoms with van der Waals surface area (Å²) in [6.07, 6.45) is 4.09. The van der Waals surface area contributed by atoms with Crippen molar-refractivity contribution < 1.29 is 19.4 Å². The van der Waals surface area contributed by atoms with Crippen LogP contribution < -0.4 is 9.64 Å². The van der Waals surface area contributed by atoms with Crippen molar-refractivity contribution in [2.75, 3.05) is 19.0 Å². The number of aromatic nitrogens is 1. The molecule has 7 nitrogen and oxygen atoms in total. The Labute approximate surface area is 204 Å². The van der Waals surface area contributed by atoms with E-state index in [0.717, 1.165) is 34.5 Å². The summed E-state index contributed by atoms with van der Waals surface area (Å²) in [4.78, 5) is 34.1. The lowest BCUT2D eigenvalue weighted by Crippen LogP contribution is -2.29. The van der Waals surface area contributed by atoms with Gasteiger partial charge in [0.1, 0.15) is 17.6 Å². The second-order valence-electron chi connectivity index (χ2n) is 9.22. The molecule has 3 aromatic rings. The molecule has 0 saturated carbocycles. The van der Waals surface area contributed by atoms with Gasteiger partial charge in [0.25, 0.3) is 11.7 Å². The second kappa shape index (κ2) is 8.91. The third kappa shape index (κ3) is 4.14. The highest BCUT2D eigenvalue weighted by atomic mass is 16.5. The molecular weight excluding hydrogens is 442 g/mol. The van der Waals surface area contributed by atoms with E-state index >= 15 is 0 Å². The van der Waals surface area contributed by atoms with Crippen molar-refractivity contribution in [3.05, 3.63) is 94.8 Å². The molecule has 2 aliphatic heterocycles. The highest BCUT2D eigenvalue weighted by molar-refractivity contribution is 6.46. The van der Waals surface area contributed by atoms with E-state index in [4.69, 9.17) is 4.74 Å². The summed E-state index contributed by atoms with van der Waals surface area (Å²) >= 11 is 0. The number of anilines is 1. The number of aliphatic hydroxyl groups is 1. The van der Waals surface area contributed by atoms with Gasteiger partial charge in [0.05, 0.1) is 11.6 Å². The Morgan fingerprint density at radius 3 is 2.49 bits per heavy atom. The lowest BCUT2D eigenvalue weighted by Gasteiger charge is -2.26. The van der Waals surface area contributed by atoms with Crippen molar-refractivity contribution in [3.8, 4) is 5.75 Å². The van der Waals surface area contributed by atoms with E-state index in [1.165, 1.54) is 4.90 Å². The largest absolute Gasteiger partial charge is 0.507 e. The van der Waals surface area contributed by atoms with Crippen LogP contribution in [0.3, 0.4) is 0 Å². The van der Waals surface area contributed by atoms with Crippen LogP contribution in [0.2, 0.25) is 0 Å². The van der Waals surface area contributed by atoms with Gasteiger partial charge in [0, 0.05) is 50.7 Å². The van der Waals surface area contributed by atoms with Crippen molar-refractivity contribution in [1.82, 2.24) is 9.88 Å². The van der Waals surface area contributed by atoms with Crippen molar-refractivity contribution in [1.29, 1.82) is 0 Å². The zero-order valence-electron chi connectivity index (χ0n) is 19.9. The molecule has 0 unspecified atom stereocenters. The van der Waals surface area contributed by atoms with E-state index in [0.29, 0.717) is 5.56 Å². The van der Waals surface area contributed by atoms with E-state index in [-0.39, 0.29) is 24.0 Å². The number of benzene rings is 2. The molecule has 2 atom stereocenters. The first-order chi connectivity index (χ1) is 16.8. The number of aliphatic hydroxyl groups excluding tert-OH is 1. The summed E-state index contributed by atoms with van der Waals surface area (Å²) in [6.45, 7) is 2.21. The number of hydrogen-bond donors (Lipinski definition) is 1. The molecule has 35 heavy (non-hydrogen) atoms. The molecule has 5 rings (SSSR count). The zero-order chi connectivity index (χ0) is 24.7. The van der Waals surface area contributed by atoms with Gasteiger partial charge in [0.15, 0.2) is 0 Å². The minimum Gasteiger partial charge on any atom is -0.507 e. The summed E-state index contributed by atoms with van der Waals surface area (Å²) in [5.74, 6) is -0.723. The van der Waals surface area contributed by atoms with Crippen LogP contribution in [0.25, 0.3) is 5.76 Å². The van der Waals surface area contributed by atoms with Crippen LogP contribution >= 0.6 is 0 Å². The van der Waals surface area contributed by atoms with Gasteiger partial charge in [-0.2, -0.15) is 0 Å². The number of fused-ring (bicyclic) bond motifs is 1. The van der Waals surface area contributed by atoms with Gasteiger partial charge in [-0.25, -0.2) is 0 Å². The molecule has 1 N–H and O–H groups in total. The minimum absolute atomic E-state index is 0.0588. The van der Waals surface area contributed by atoms with E-state index in [9.17, 15) is 14.7 Å². The number of hydrogen-bond acceptors (Lipinski definition) is 6. The van der Waals surface area contributed by atoms with Crippen molar-refractivity contribution in [2.45, 2.75) is 32.0 Å². The molecule has 1 amide bonds. The quantitative estimate of drug-likeness (QED) is 0.344. The highest BCUT2D eigenvalue weighted by Gasteiger charge is 2.46. The molecule has 3 heterocycles. The lowest BCUT2D eigenvalue weighted by atomic mass is 9.94. The zero-order valence-corrected chi connectivity index (χ0v) is 19.9. The van der Waals surface area contributed by atoms with Crippen LogP contribution in [0.15, 0.2) is 72.6 Å². The van der Waals surface area contributed by atoms with E-state index in [1.807, 2.05) is 74.4 Å². The Balaban J connectivity index is 1.62. The maximum absolute atomic E-state index is 13.3. The van der Waals surface area contributed by atoms with Crippen LogP contribution in [0.4, 0.5) is 5.69 Å². The average Bonchev–Trinajstić information content (AvgIpc) is 3.35. The molecule has 1 fully saturated rings. The van der Waals surface area contributed by atoms with Gasteiger partial charge in [-0.15, -0.1) is 0 Å². The average molecular weight is 470 g/mol.